The molecule has 2 fully saturated rings. The second kappa shape index (κ2) is 12.2. The minimum Gasteiger partial charge on any atom is -0.378 e. The van der Waals surface area contributed by atoms with Gasteiger partial charge in [-0.25, -0.2) is 4.98 Å². The number of aromatic nitrogens is 2. The van der Waals surface area contributed by atoms with E-state index < -0.39 is 6.10 Å². The fourth-order valence-electron chi connectivity index (χ4n) is 7.38. The first-order valence-corrected chi connectivity index (χ1v) is 17.9. The van der Waals surface area contributed by atoms with Gasteiger partial charge >= 0.3 is 0 Å². The molecule has 240 valence electrons. The lowest BCUT2D eigenvalue weighted by Gasteiger charge is -2.24. The molecule has 3 aliphatic rings. The molecule has 2 N–H and O–H groups in total. The summed E-state index contributed by atoms with van der Waals surface area (Å²) in [5.74, 6) is 1.06. The van der Waals surface area contributed by atoms with Crippen LogP contribution in [0.25, 0.3) is 11.1 Å². The lowest BCUT2D eigenvalue weighted by Crippen LogP contribution is -2.36. The van der Waals surface area contributed by atoms with Crippen molar-refractivity contribution in [3.63, 3.8) is 0 Å². The summed E-state index contributed by atoms with van der Waals surface area (Å²) in [5, 5.41) is 13.6. The number of thiophene rings is 1. The quantitative estimate of drug-likeness (QED) is 0.225. The summed E-state index contributed by atoms with van der Waals surface area (Å²) in [4.78, 5) is 38.5. The van der Waals surface area contributed by atoms with Crippen molar-refractivity contribution in [2.75, 3.05) is 6.54 Å². The molecular formula is C39H45N3O3S. The van der Waals surface area contributed by atoms with Gasteiger partial charge in [0.1, 0.15) is 5.82 Å². The highest BCUT2D eigenvalue weighted by Gasteiger charge is 2.50. The Kier molecular flexibility index (Phi) is 8.26. The number of aliphatic hydroxyl groups is 1. The second-order valence-corrected chi connectivity index (χ2v) is 15.6. The molecule has 2 aliphatic carbocycles. The molecule has 4 aromatic rings. The highest BCUT2D eigenvalue weighted by Crippen LogP contribution is 2.54. The molecule has 1 amide bonds. The fraction of sp³-hybridized carbons (Fsp3) is 0.462. The van der Waals surface area contributed by atoms with Crippen molar-refractivity contribution < 1.29 is 9.90 Å². The molecule has 2 aromatic heterocycles. The monoisotopic (exact) mass is 635 g/mol. The number of aliphatic hydroxyl groups excluding tert-OH is 1. The van der Waals surface area contributed by atoms with Crippen LogP contribution >= 0.6 is 11.3 Å². The molecule has 1 atom stereocenters. The number of aromatic amines is 1. The van der Waals surface area contributed by atoms with Crippen LogP contribution < -0.4 is 5.56 Å². The van der Waals surface area contributed by atoms with Gasteiger partial charge in [0, 0.05) is 11.4 Å². The lowest BCUT2D eigenvalue weighted by atomic mass is 9.85. The Hall–Kier alpha value is -3.55. The normalized spacial score (nSPS) is 18.9. The van der Waals surface area contributed by atoms with E-state index in [1.165, 1.54) is 48.1 Å². The molecule has 2 saturated carbocycles. The Bertz CT molecular complexity index is 1810. The average Bonchev–Trinajstić information content (AvgIpc) is 3.78. The topological polar surface area (TPSA) is 86.3 Å². The smallest absolute Gasteiger partial charge is 0.256 e. The summed E-state index contributed by atoms with van der Waals surface area (Å²) >= 11 is 1.82. The Morgan fingerprint density at radius 2 is 1.76 bits per heavy atom. The van der Waals surface area contributed by atoms with Gasteiger partial charge < -0.3 is 15.0 Å². The van der Waals surface area contributed by atoms with Crippen molar-refractivity contribution in [1.82, 2.24) is 14.9 Å². The van der Waals surface area contributed by atoms with Gasteiger partial charge in [0.25, 0.3) is 11.5 Å². The van der Waals surface area contributed by atoms with E-state index in [1.54, 1.807) is 11.0 Å². The molecule has 2 aromatic carbocycles. The maximum absolute atomic E-state index is 13.7. The Balaban J connectivity index is 1.10. The Morgan fingerprint density at radius 3 is 2.50 bits per heavy atom. The minimum atomic E-state index is -1.31. The first-order valence-electron chi connectivity index (χ1n) is 17.0. The third-order valence-electron chi connectivity index (χ3n) is 10.5. The number of hydrogen-bond acceptors (Lipinski definition) is 5. The first-order chi connectivity index (χ1) is 22.1. The largest absolute Gasteiger partial charge is 0.378 e. The van der Waals surface area contributed by atoms with E-state index in [1.807, 2.05) is 29.5 Å². The number of carbonyl (C=O) groups is 1. The van der Waals surface area contributed by atoms with Crippen LogP contribution in [-0.2, 0) is 28.6 Å². The standard InChI is InChI=1S/C39H45N3O3S/c1-38(2,3)30-15-8-13-27(21-30)26-12-7-14-28(20-26)34(43)36(45)42-19-9-16-32-31(23-42)35(44)41-37(40-32)39(17-18-39)33-22-29(24-46-33)25-10-5-4-6-11-25/h7-8,12-15,20-22,24-25,34,43H,4-6,9-11,16-19,23H2,1-3H3,(H,40,41,44). The Labute approximate surface area is 275 Å². The van der Waals surface area contributed by atoms with Crippen LogP contribution in [0.15, 0.2) is 64.8 Å². The zero-order valence-electron chi connectivity index (χ0n) is 27.3. The minimum absolute atomic E-state index is 0.0148. The average molecular weight is 636 g/mol. The van der Waals surface area contributed by atoms with Crippen LogP contribution in [0.2, 0.25) is 0 Å². The zero-order valence-corrected chi connectivity index (χ0v) is 28.1. The van der Waals surface area contributed by atoms with E-state index in [2.05, 4.69) is 61.5 Å². The predicted molar refractivity (Wildman–Crippen MR) is 184 cm³/mol. The van der Waals surface area contributed by atoms with Crippen LogP contribution in [0.4, 0.5) is 0 Å². The van der Waals surface area contributed by atoms with E-state index in [4.69, 9.17) is 4.98 Å². The van der Waals surface area contributed by atoms with Crippen molar-refractivity contribution >= 4 is 17.2 Å². The van der Waals surface area contributed by atoms with Gasteiger partial charge in [-0.3, -0.25) is 9.59 Å². The molecule has 3 heterocycles. The summed E-state index contributed by atoms with van der Waals surface area (Å²) in [6.07, 6.45) is 8.54. The van der Waals surface area contributed by atoms with Gasteiger partial charge in [0.15, 0.2) is 6.10 Å². The SMILES string of the molecule is CC(C)(C)c1cccc(-c2cccc(C(O)C(=O)N3CCCc4nc(C5(c6cc(C7CCCCC7)cs6)CC5)[nH]c(=O)c4C3)c2)c1. The molecule has 0 radical (unpaired) electrons. The van der Waals surface area contributed by atoms with Gasteiger partial charge in [0.05, 0.1) is 23.2 Å². The molecular weight excluding hydrogens is 591 g/mol. The lowest BCUT2D eigenvalue weighted by molar-refractivity contribution is -0.141. The second-order valence-electron chi connectivity index (χ2n) is 14.7. The highest BCUT2D eigenvalue weighted by atomic mass is 32.1. The summed E-state index contributed by atoms with van der Waals surface area (Å²) < 4.78 is 0. The van der Waals surface area contributed by atoms with Crippen LogP contribution in [0, 0.1) is 0 Å². The molecule has 0 saturated heterocycles. The van der Waals surface area contributed by atoms with E-state index in [0.29, 0.717) is 36.4 Å². The van der Waals surface area contributed by atoms with Gasteiger partial charge in [-0.05, 0) is 95.2 Å². The summed E-state index contributed by atoms with van der Waals surface area (Å²) in [6, 6.07) is 18.4. The van der Waals surface area contributed by atoms with Gasteiger partial charge in [-0.15, -0.1) is 11.3 Å². The summed E-state index contributed by atoms with van der Waals surface area (Å²) in [5.41, 5.74) is 6.23. The maximum Gasteiger partial charge on any atom is 0.256 e. The van der Waals surface area contributed by atoms with Crippen LogP contribution in [0.5, 0.6) is 0 Å². The van der Waals surface area contributed by atoms with E-state index in [-0.39, 0.29) is 28.8 Å². The van der Waals surface area contributed by atoms with Crippen LogP contribution in [-0.4, -0.2) is 32.4 Å². The van der Waals surface area contributed by atoms with Crippen molar-refractivity contribution in [2.24, 2.45) is 0 Å². The molecule has 7 rings (SSSR count). The summed E-state index contributed by atoms with van der Waals surface area (Å²) in [7, 11) is 0. The number of hydrogen-bond donors (Lipinski definition) is 2. The zero-order chi connectivity index (χ0) is 32.1. The number of rotatable bonds is 6. The first kappa shape index (κ1) is 31.1. The number of fused-ring (bicyclic) bond motifs is 1. The highest BCUT2D eigenvalue weighted by molar-refractivity contribution is 7.10. The molecule has 7 heteroatoms. The van der Waals surface area contributed by atoms with Gasteiger partial charge in [-0.2, -0.15) is 0 Å². The van der Waals surface area contributed by atoms with Crippen molar-refractivity contribution in [3.8, 4) is 11.1 Å². The maximum atomic E-state index is 13.7. The number of H-pyrrole nitrogens is 1. The summed E-state index contributed by atoms with van der Waals surface area (Å²) in [6.45, 7) is 7.18. The van der Waals surface area contributed by atoms with Crippen molar-refractivity contribution in [1.29, 1.82) is 0 Å². The van der Waals surface area contributed by atoms with Gasteiger partial charge in [-0.1, -0.05) is 82.5 Å². The van der Waals surface area contributed by atoms with E-state index in [9.17, 15) is 14.7 Å². The number of amides is 1. The van der Waals surface area contributed by atoms with Crippen LogP contribution in [0.3, 0.4) is 0 Å². The van der Waals surface area contributed by atoms with Crippen LogP contribution in [0.1, 0.15) is 123 Å². The third-order valence-corrected chi connectivity index (χ3v) is 11.6. The Morgan fingerprint density at radius 1 is 1.02 bits per heavy atom. The molecule has 6 nitrogen and oxygen atoms in total. The molecule has 46 heavy (non-hydrogen) atoms. The number of carbonyl (C=O) groups excluding carboxylic acids is 1. The van der Waals surface area contributed by atoms with Crippen molar-refractivity contribution in [2.45, 2.75) is 108 Å². The molecule has 1 aliphatic heterocycles. The molecule has 1 unspecified atom stereocenters. The van der Waals surface area contributed by atoms with E-state index in [0.717, 1.165) is 35.5 Å². The number of aryl methyl sites for hydroxylation is 1. The number of nitrogens with one attached hydrogen (secondary N) is 1. The van der Waals surface area contributed by atoms with Crippen molar-refractivity contribution in [3.05, 3.63) is 109 Å². The molecule has 0 spiro atoms. The molecule has 0 bridgehead atoms. The van der Waals surface area contributed by atoms with Gasteiger partial charge in [0.2, 0.25) is 0 Å². The fourth-order valence-corrected chi connectivity index (χ4v) is 8.64. The predicted octanol–water partition coefficient (Wildman–Crippen LogP) is 7.93. The number of benzene rings is 2. The number of nitrogens with zero attached hydrogens (tertiary/aromatic N) is 2. The van der Waals surface area contributed by atoms with E-state index >= 15 is 0 Å². The third kappa shape index (κ3) is 6.00.